The van der Waals surface area contributed by atoms with E-state index < -0.39 is 0 Å². The summed E-state index contributed by atoms with van der Waals surface area (Å²) in [6.45, 7) is 13.4. The van der Waals surface area contributed by atoms with Gasteiger partial charge in [0, 0.05) is 30.6 Å². The second-order valence-electron chi connectivity index (χ2n) is 6.26. The Morgan fingerprint density at radius 2 is 1.69 bits per heavy atom. The summed E-state index contributed by atoms with van der Waals surface area (Å²) in [6.07, 6.45) is 2.06. The number of nitrogens with zero attached hydrogens (tertiary/aromatic N) is 1. The fourth-order valence-electron chi connectivity index (χ4n) is 3.23. The molecule has 1 rings (SSSR count). The molecule has 0 saturated carbocycles. The number of piperidine rings is 1. The minimum absolute atomic E-state index is 0.106. The zero-order chi connectivity index (χ0) is 12.6. The second-order valence-corrected chi connectivity index (χ2v) is 6.26. The van der Waals surface area contributed by atoms with Crippen LogP contribution in [0.25, 0.3) is 0 Å². The summed E-state index contributed by atoms with van der Waals surface area (Å²) in [6, 6.07) is 0.369. The second kappa shape index (κ2) is 4.36. The molecule has 1 saturated heterocycles. The van der Waals surface area contributed by atoms with Gasteiger partial charge in [0.2, 0.25) is 5.91 Å². The lowest BCUT2D eigenvalue weighted by atomic mass is 9.79. The summed E-state index contributed by atoms with van der Waals surface area (Å²) in [5.74, 6) is 0.195. The largest absolute Gasteiger partial charge is 0.340 e. The van der Waals surface area contributed by atoms with Gasteiger partial charge in [-0.3, -0.25) is 4.79 Å². The number of rotatable bonds is 2. The maximum absolute atomic E-state index is 11.6. The Labute approximate surface area is 99.6 Å². The highest BCUT2D eigenvalue weighted by molar-refractivity contribution is 5.73. The molecule has 1 N–H and O–H groups in total. The van der Waals surface area contributed by atoms with Crippen molar-refractivity contribution in [3.05, 3.63) is 0 Å². The zero-order valence-electron chi connectivity index (χ0n) is 11.6. The van der Waals surface area contributed by atoms with Gasteiger partial charge in [0.05, 0.1) is 0 Å². The Bertz CT molecular complexity index is 255. The van der Waals surface area contributed by atoms with Crippen LogP contribution < -0.4 is 5.32 Å². The molecule has 16 heavy (non-hydrogen) atoms. The van der Waals surface area contributed by atoms with Gasteiger partial charge in [-0.05, 0) is 47.5 Å². The van der Waals surface area contributed by atoms with Crippen LogP contribution in [0.5, 0.6) is 0 Å². The van der Waals surface area contributed by atoms with Crippen molar-refractivity contribution in [3.63, 3.8) is 0 Å². The first-order chi connectivity index (χ1) is 7.17. The third-order valence-corrected chi connectivity index (χ3v) is 3.35. The van der Waals surface area contributed by atoms with E-state index in [0.717, 1.165) is 19.4 Å². The number of amides is 1. The molecule has 1 aliphatic heterocycles. The highest BCUT2D eigenvalue weighted by Crippen LogP contribution is 2.31. The average molecular weight is 226 g/mol. The molecule has 0 aliphatic carbocycles. The normalized spacial score (nSPS) is 24.1. The molecule has 0 spiro atoms. The first-order valence-corrected chi connectivity index (χ1v) is 6.23. The van der Waals surface area contributed by atoms with Crippen LogP contribution >= 0.6 is 0 Å². The van der Waals surface area contributed by atoms with E-state index in [1.807, 2.05) is 4.90 Å². The molecule has 0 aromatic carbocycles. The van der Waals surface area contributed by atoms with Crippen LogP contribution in [-0.2, 0) is 4.79 Å². The Morgan fingerprint density at radius 3 is 2.00 bits per heavy atom. The Kier molecular flexibility index (Phi) is 3.68. The molecule has 1 aliphatic rings. The third-order valence-electron chi connectivity index (χ3n) is 3.35. The minimum atomic E-state index is 0.106. The molecule has 0 aromatic rings. The van der Waals surface area contributed by atoms with Gasteiger partial charge in [0.1, 0.15) is 0 Å². The summed E-state index contributed by atoms with van der Waals surface area (Å²) >= 11 is 0. The molecule has 0 unspecified atom stereocenters. The van der Waals surface area contributed by atoms with Crippen LogP contribution in [0.3, 0.4) is 0 Å². The topological polar surface area (TPSA) is 32.3 Å². The predicted octanol–water partition coefficient (Wildman–Crippen LogP) is 2.16. The van der Waals surface area contributed by atoms with E-state index in [9.17, 15) is 4.79 Å². The molecule has 1 fully saturated rings. The van der Waals surface area contributed by atoms with Crippen LogP contribution in [0, 0.1) is 0 Å². The summed E-state index contributed by atoms with van der Waals surface area (Å²) in [5.41, 5.74) is 0.213. The van der Waals surface area contributed by atoms with Crippen LogP contribution in [0.15, 0.2) is 0 Å². The summed E-state index contributed by atoms with van der Waals surface area (Å²) in [5, 5.41) is 3.64. The maximum atomic E-state index is 11.6. The van der Waals surface area contributed by atoms with Gasteiger partial charge in [0.25, 0.3) is 0 Å². The van der Waals surface area contributed by atoms with Crippen LogP contribution in [0.2, 0.25) is 0 Å². The fourth-order valence-corrected chi connectivity index (χ4v) is 3.23. The first kappa shape index (κ1) is 13.5. The van der Waals surface area contributed by atoms with Crippen molar-refractivity contribution in [2.75, 3.05) is 6.54 Å². The Morgan fingerprint density at radius 1 is 1.25 bits per heavy atom. The van der Waals surface area contributed by atoms with Gasteiger partial charge in [-0.2, -0.15) is 0 Å². The van der Waals surface area contributed by atoms with E-state index in [1.165, 1.54) is 0 Å². The molecule has 94 valence electrons. The van der Waals surface area contributed by atoms with Crippen LogP contribution in [0.1, 0.15) is 54.4 Å². The lowest BCUT2D eigenvalue weighted by Gasteiger charge is -2.49. The summed E-state index contributed by atoms with van der Waals surface area (Å²) < 4.78 is 0. The predicted molar refractivity (Wildman–Crippen MR) is 67.4 cm³/mol. The molecule has 1 heterocycles. The third kappa shape index (κ3) is 3.21. The maximum Gasteiger partial charge on any atom is 0.219 e. The smallest absolute Gasteiger partial charge is 0.219 e. The molecular weight excluding hydrogens is 200 g/mol. The molecule has 3 heteroatoms. The van der Waals surface area contributed by atoms with Gasteiger partial charge < -0.3 is 10.2 Å². The summed E-state index contributed by atoms with van der Waals surface area (Å²) in [4.78, 5) is 13.6. The van der Waals surface area contributed by atoms with E-state index >= 15 is 0 Å². The van der Waals surface area contributed by atoms with Crippen molar-refractivity contribution in [3.8, 4) is 0 Å². The fraction of sp³-hybridized carbons (Fsp3) is 0.923. The van der Waals surface area contributed by atoms with Gasteiger partial charge >= 0.3 is 0 Å². The van der Waals surface area contributed by atoms with Crippen LogP contribution in [0.4, 0.5) is 0 Å². The van der Waals surface area contributed by atoms with E-state index in [2.05, 4.69) is 39.9 Å². The van der Waals surface area contributed by atoms with Crippen molar-refractivity contribution >= 4 is 5.91 Å². The molecule has 1 amide bonds. The first-order valence-electron chi connectivity index (χ1n) is 6.23. The highest BCUT2D eigenvalue weighted by Gasteiger charge is 2.40. The van der Waals surface area contributed by atoms with Gasteiger partial charge in [0.15, 0.2) is 0 Å². The lowest BCUT2D eigenvalue weighted by molar-refractivity contribution is -0.132. The van der Waals surface area contributed by atoms with Crippen molar-refractivity contribution in [1.29, 1.82) is 0 Å². The van der Waals surface area contributed by atoms with E-state index in [1.54, 1.807) is 6.92 Å². The highest BCUT2D eigenvalue weighted by atomic mass is 16.2. The molecule has 0 aromatic heterocycles. The monoisotopic (exact) mass is 226 g/mol. The molecular formula is C13H26N2O. The lowest BCUT2D eigenvalue weighted by Crippen LogP contribution is -2.62. The van der Waals surface area contributed by atoms with Gasteiger partial charge in [-0.25, -0.2) is 0 Å². The van der Waals surface area contributed by atoms with E-state index in [-0.39, 0.29) is 17.0 Å². The SMILES string of the molecule is CCN(C(C)=O)C1CC(C)(C)NC(C)(C)C1. The van der Waals surface area contributed by atoms with Gasteiger partial charge in [-0.1, -0.05) is 0 Å². The van der Waals surface area contributed by atoms with E-state index in [4.69, 9.17) is 0 Å². The van der Waals surface area contributed by atoms with Crippen molar-refractivity contribution in [2.24, 2.45) is 0 Å². The quantitative estimate of drug-likeness (QED) is 0.782. The zero-order valence-corrected chi connectivity index (χ0v) is 11.6. The number of hydrogen-bond acceptors (Lipinski definition) is 2. The molecule has 0 radical (unpaired) electrons. The Balaban J connectivity index is 2.84. The molecule has 0 atom stereocenters. The van der Waals surface area contributed by atoms with Crippen molar-refractivity contribution in [2.45, 2.75) is 71.5 Å². The van der Waals surface area contributed by atoms with Crippen molar-refractivity contribution in [1.82, 2.24) is 10.2 Å². The number of hydrogen-bond donors (Lipinski definition) is 1. The van der Waals surface area contributed by atoms with Gasteiger partial charge in [-0.15, -0.1) is 0 Å². The Hall–Kier alpha value is -0.570. The summed E-state index contributed by atoms with van der Waals surface area (Å²) in [7, 11) is 0. The molecule has 0 bridgehead atoms. The number of carbonyl (C=O) groups excluding carboxylic acids is 1. The van der Waals surface area contributed by atoms with Crippen molar-refractivity contribution < 1.29 is 4.79 Å². The number of nitrogens with one attached hydrogen (secondary N) is 1. The van der Waals surface area contributed by atoms with Crippen LogP contribution in [-0.4, -0.2) is 34.5 Å². The van der Waals surface area contributed by atoms with E-state index in [0.29, 0.717) is 6.04 Å². The molecule has 3 nitrogen and oxygen atoms in total. The standard InChI is InChI=1S/C13H26N2O/c1-7-15(10(2)16)11-8-12(3,4)14-13(5,6)9-11/h11,14H,7-9H2,1-6H3. The number of carbonyl (C=O) groups is 1. The minimum Gasteiger partial charge on any atom is -0.340 e. The average Bonchev–Trinajstić information content (AvgIpc) is 1.97.